The van der Waals surface area contributed by atoms with Crippen LogP contribution in [0.2, 0.25) is 10.0 Å². The van der Waals surface area contributed by atoms with Crippen LogP contribution in [0.25, 0.3) is 32.9 Å². The van der Waals surface area contributed by atoms with Crippen molar-refractivity contribution >= 4 is 56.2 Å². The number of carbonyl (C=O) groups is 1. The average Bonchev–Trinajstić information content (AvgIpc) is 3.44. The standard InChI is InChI=1S/C24H15Cl2N3O3S/c1-31-15-9-6-13(7-10-15)22-28-24(32-29-22)16-4-2-3-5-18(16)27-23(30)21-20(26)17-11-8-14(25)12-19(17)33-21/h2-12H,1H3,(H,27,30). The number of amides is 1. The van der Waals surface area contributed by atoms with Crippen molar-refractivity contribution in [1.82, 2.24) is 10.1 Å². The number of benzene rings is 3. The molecule has 0 bridgehead atoms. The monoisotopic (exact) mass is 495 g/mol. The maximum absolute atomic E-state index is 13.1. The zero-order chi connectivity index (χ0) is 22.9. The lowest BCUT2D eigenvalue weighted by atomic mass is 10.1. The Morgan fingerprint density at radius 2 is 1.85 bits per heavy atom. The first-order valence-corrected chi connectivity index (χ1v) is 11.4. The van der Waals surface area contributed by atoms with E-state index in [4.69, 9.17) is 32.5 Å². The molecule has 0 aliphatic heterocycles. The Labute approximate surface area is 202 Å². The Bertz CT molecular complexity index is 1480. The van der Waals surface area contributed by atoms with Gasteiger partial charge in [-0.3, -0.25) is 4.79 Å². The predicted molar refractivity (Wildman–Crippen MR) is 132 cm³/mol. The number of para-hydroxylation sites is 1. The highest BCUT2D eigenvalue weighted by Gasteiger charge is 2.20. The number of fused-ring (bicyclic) bond motifs is 1. The van der Waals surface area contributed by atoms with E-state index in [9.17, 15) is 4.79 Å². The van der Waals surface area contributed by atoms with E-state index in [1.807, 2.05) is 36.4 Å². The number of aromatic nitrogens is 2. The number of ether oxygens (including phenoxy) is 1. The molecule has 0 saturated heterocycles. The van der Waals surface area contributed by atoms with Crippen LogP contribution in [0, 0.1) is 0 Å². The number of anilines is 1. The van der Waals surface area contributed by atoms with E-state index in [2.05, 4.69) is 15.5 Å². The van der Waals surface area contributed by atoms with Crippen LogP contribution in [0.1, 0.15) is 9.67 Å². The van der Waals surface area contributed by atoms with Crippen molar-refractivity contribution in [3.63, 3.8) is 0 Å². The van der Waals surface area contributed by atoms with Gasteiger partial charge in [0, 0.05) is 20.7 Å². The van der Waals surface area contributed by atoms with Crippen LogP contribution in [0.3, 0.4) is 0 Å². The van der Waals surface area contributed by atoms with E-state index in [0.29, 0.717) is 32.0 Å². The molecule has 0 fully saturated rings. The fourth-order valence-corrected chi connectivity index (χ4v) is 5.02. The molecule has 5 aromatic rings. The summed E-state index contributed by atoms with van der Waals surface area (Å²) in [6.45, 7) is 0. The molecule has 0 aliphatic carbocycles. The molecule has 1 amide bonds. The molecule has 9 heteroatoms. The minimum absolute atomic E-state index is 0.283. The van der Waals surface area contributed by atoms with Crippen LogP contribution in [0.5, 0.6) is 5.75 Å². The molecular weight excluding hydrogens is 481 g/mol. The van der Waals surface area contributed by atoms with Crippen molar-refractivity contribution in [2.45, 2.75) is 0 Å². The van der Waals surface area contributed by atoms with Crippen LogP contribution in [-0.2, 0) is 0 Å². The first kappa shape index (κ1) is 21.5. The molecule has 6 nitrogen and oxygen atoms in total. The number of nitrogens with one attached hydrogen (secondary N) is 1. The van der Waals surface area contributed by atoms with Crippen molar-refractivity contribution in [1.29, 1.82) is 0 Å². The van der Waals surface area contributed by atoms with Gasteiger partial charge in [0.1, 0.15) is 10.6 Å². The van der Waals surface area contributed by atoms with Gasteiger partial charge in [0.15, 0.2) is 0 Å². The van der Waals surface area contributed by atoms with Gasteiger partial charge < -0.3 is 14.6 Å². The summed E-state index contributed by atoms with van der Waals surface area (Å²) in [5.41, 5.74) is 1.90. The first-order valence-electron chi connectivity index (χ1n) is 9.80. The topological polar surface area (TPSA) is 77.3 Å². The van der Waals surface area contributed by atoms with E-state index in [1.54, 1.807) is 37.4 Å². The van der Waals surface area contributed by atoms with Crippen molar-refractivity contribution < 1.29 is 14.1 Å². The summed E-state index contributed by atoms with van der Waals surface area (Å²) < 4.78 is 11.5. The summed E-state index contributed by atoms with van der Waals surface area (Å²) in [5, 5.41) is 8.75. The minimum atomic E-state index is -0.334. The van der Waals surface area contributed by atoms with Gasteiger partial charge in [0.25, 0.3) is 11.8 Å². The van der Waals surface area contributed by atoms with E-state index in [-0.39, 0.29) is 11.8 Å². The maximum atomic E-state index is 13.1. The Morgan fingerprint density at radius 3 is 2.64 bits per heavy atom. The number of carbonyl (C=O) groups excluding carboxylic acids is 1. The van der Waals surface area contributed by atoms with Gasteiger partial charge in [0.05, 0.1) is 23.4 Å². The van der Waals surface area contributed by atoms with Gasteiger partial charge in [-0.2, -0.15) is 4.98 Å². The number of hydrogen-bond acceptors (Lipinski definition) is 6. The first-order chi connectivity index (χ1) is 16.0. The summed E-state index contributed by atoms with van der Waals surface area (Å²) in [4.78, 5) is 18.0. The fourth-order valence-electron chi connectivity index (χ4n) is 3.33. The molecule has 0 spiro atoms. The van der Waals surface area contributed by atoms with Crippen LogP contribution in [-0.4, -0.2) is 23.2 Å². The van der Waals surface area contributed by atoms with E-state index in [0.717, 1.165) is 21.4 Å². The second-order valence-electron chi connectivity index (χ2n) is 7.04. The second kappa shape index (κ2) is 8.86. The minimum Gasteiger partial charge on any atom is -0.497 e. The van der Waals surface area contributed by atoms with E-state index >= 15 is 0 Å². The summed E-state index contributed by atoms with van der Waals surface area (Å²) in [6, 6.07) is 19.9. The molecule has 0 atom stereocenters. The van der Waals surface area contributed by atoms with Gasteiger partial charge in [-0.25, -0.2) is 0 Å². The third kappa shape index (κ3) is 4.18. The van der Waals surface area contributed by atoms with Crippen molar-refractivity contribution in [2.75, 3.05) is 12.4 Å². The highest BCUT2D eigenvalue weighted by atomic mass is 35.5. The lowest BCUT2D eigenvalue weighted by Gasteiger charge is -2.07. The van der Waals surface area contributed by atoms with Gasteiger partial charge >= 0.3 is 0 Å². The fraction of sp³-hybridized carbons (Fsp3) is 0.0417. The predicted octanol–water partition coefficient (Wildman–Crippen LogP) is 7.19. The number of thiophene rings is 1. The summed E-state index contributed by atoms with van der Waals surface area (Å²) in [7, 11) is 1.60. The Morgan fingerprint density at radius 1 is 1.06 bits per heavy atom. The molecule has 3 aromatic carbocycles. The highest BCUT2D eigenvalue weighted by Crippen LogP contribution is 2.38. The number of hydrogen-bond donors (Lipinski definition) is 1. The normalized spacial score (nSPS) is 11.0. The quantitative estimate of drug-likeness (QED) is 0.279. The molecular formula is C24H15Cl2N3O3S. The van der Waals surface area contributed by atoms with Gasteiger partial charge in [-0.1, -0.05) is 46.6 Å². The average molecular weight is 496 g/mol. The second-order valence-corrected chi connectivity index (χ2v) is 8.90. The molecule has 33 heavy (non-hydrogen) atoms. The van der Waals surface area contributed by atoms with Crippen LogP contribution >= 0.6 is 34.5 Å². The van der Waals surface area contributed by atoms with Crippen molar-refractivity contribution in [2.24, 2.45) is 0 Å². The molecule has 164 valence electrons. The van der Waals surface area contributed by atoms with E-state index < -0.39 is 0 Å². The van der Waals surface area contributed by atoms with Crippen molar-refractivity contribution in [3.05, 3.63) is 81.7 Å². The lowest BCUT2D eigenvalue weighted by Crippen LogP contribution is -2.11. The third-order valence-electron chi connectivity index (χ3n) is 4.98. The molecule has 5 rings (SSSR count). The SMILES string of the molecule is COc1ccc(-c2noc(-c3ccccc3NC(=O)c3sc4cc(Cl)ccc4c3Cl)n2)cc1. The highest BCUT2D eigenvalue weighted by molar-refractivity contribution is 7.21. The number of halogens is 2. The maximum Gasteiger partial charge on any atom is 0.267 e. The van der Waals surface area contributed by atoms with Gasteiger partial charge in [-0.15, -0.1) is 11.3 Å². The Hall–Kier alpha value is -3.39. The Kier molecular flexibility index (Phi) is 5.76. The van der Waals surface area contributed by atoms with Gasteiger partial charge in [-0.05, 0) is 48.5 Å². The molecule has 0 radical (unpaired) electrons. The summed E-state index contributed by atoms with van der Waals surface area (Å²) >= 11 is 13.8. The smallest absolute Gasteiger partial charge is 0.267 e. The lowest BCUT2D eigenvalue weighted by molar-refractivity contribution is 0.103. The number of rotatable bonds is 5. The zero-order valence-corrected chi connectivity index (χ0v) is 19.5. The summed E-state index contributed by atoms with van der Waals surface area (Å²) in [6.07, 6.45) is 0. The number of methoxy groups -OCH3 is 1. The zero-order valence-electron chi connectivity index (χ0n) is 17.1. The molecule has 0 aliphatic rings. The summed E-state index contributed by atoms with van der Waals surface area (Å²) in [5.74, 6) is 1.11. The molecule has 2 aromatic heterocycles. The van der Waals surface area contributed by atoms with Gasteiger partial charge in [0.2, 0.25) is 5.82 Å². The van der Waals surface area contributed by atoms with Crippen LogP contribution in [0.15, 0.2) is 71.3 Å². The van der Waals surface area contributed by atoms with E-state index in [1.165, 1.54) is 11.3 Å². The van der Waals surface area contributed by atoms with Crippen LogP contribution < -0.4 is 10.1 Å². The van der Waals surface area contributed by atoms with Crippen molar-refractivity contribution in [3.8, 4) is 28.6 Å². The molecule has 1 N–H and O–H groups in total. The molecule has 2 heterocycles. The molecule has 0 unspecified atom stereocenters. The van der Waals surface area contributed by atoms with Crippen LogP contribution in [0.4, 0.5) is 5.69 Å². The number of nitrogens with zero attached hydrogens (tertiary/aromatic N) is 2. The Balaban J connectivity index is 1.45. The molecule has 0 saturated carbocycles. The largest absolute Gasteiger partial charge is 0.497 e. The third-order valence-corrected chi connectivity index (χ3v) is 6.87.